The Morgan fingerprint density at radius 3 is 2.06 bits per heavy atom. The largest absolute Gasteiger partial charge is 0.466 e. The van der Waals surface area contributed by atoms with Gasteiger partial charge in [-0.1, -0.05) is 55.7 Å². The maximum absolute atomic E-state index is 12.5. The molecular weight excluding hydrogens is 416 g/mol. The molecule has 2 rings (SSSR count). The van der Waals surface area contributed by atoms with Crippen molar-refractivity contribution < 1.29 is 19.1 Å². The summed E-state index contributed by atoms with van der Waals surface area (Å²) in [6.07, 6.45) is 6.21. The van der Waals surface area contributed by atoms with E-state index in [1.807, 2.05) is 48.5 Å². The van der Waals surface area contributed by atoms with Gasteiger partial charge in [-0.15, -0.1) is 12.0 Å². The van der Waals surface area contributed by atoms with E-state index in [9.17, 15) is 9.59 Å². The lowest BCUT2D eigenvalue weighted by Crippen LogP contribution is -2.43. The van der Waals surface area contributed by atoms with Gasteiger partial charge in [0.1, 0.15) is 8.07 Å². The van der Waals surface area contributed by atoms with Crippen molar-refractivity contribution >= 4 is 20.0 Å². The van der Waals surface area contributed by atoms with Crippen molar-refractivity contribution in [3.63, 3.8) is 0 Å². The molecular formula is C27H30O4Si. The van der Waals surface area contributed by atoms with Crippen LogP contribution in [0.2, 0.25) is 19.6 Å². The Kier molecular flexibility index (Phi) is 8.46. The zero-order valence-electron chi connectivity index (χ0n) is 19.5. The van der Waals surface area contributed by atoms with Crippen LogP contribution in [-0.2, 0) is 31.9 Å². The molecule has 0 aromatic heterocycles. The average Bonchev–Trinajstić information content (AvgIpc) is 2.76. The summed E-state index contributed by atoms with van der Waals surface area (Å²) in [6.45, 7) is 8.15. The highest BCUT2D eigenvalue weighted by atomic mass is 28.3. The minimum Gasteiger partial charge on any atom is -0.466 e. The van der Waals surface area contributed by atoms with E-state index in [4.69, 9.17) is 15.9 Å². The van der Waals surface area contributed by atoms with Crippen LogP contribution < -0.4 is 0 Å². The van der Waals surface area contributed by atoms with E-state index in [1.54, 1.807) is 6.92 Å². The Morgan fingerprint density at radius 2 is 1.53 bits per heavy atom. The number of hydrogen-bond donors (Lipinski definition) is 0. The molecule has 166 valence electrons. The molecule has 0 aliphatic rings. The molecule has 4 nitrogen and oxygen atoms in total. The maximum atomic E-state index is 12.5. The third-order valence-electron chi connectivity index (χ3n) is 4.77. The summed E-state index contributed by atoms with van der Waals surface area (Å²) in [5.74, 6) is 4.71. The molecule has 32 heavy (non-hydrogen) atoms. The van der Waals surface area contributed by atoms with E-state index in [0.717, 1.165) is 22.3 Å². The number of methoxy groups -OCH3 is 1. The van der Waals surface area contributed by atoms with Crippen LogP contribution >= 0.6 is 0 Å². The van der Waals surface area contributed by atoms with Crippen LogP contribution in [0.15, 0.2) is 48.5 Å². The third kappa shape index (κ3) is 7.76. The number of benzene rings is 2. The molecule has 0 amide bonds. The molecule has 2 aromatic carbocycles. The van der Waals surface area contributed by atoms with Crippen LogP contribution in [0.1, 0.15) is 35.6 Å². The average molecular weight is 447 g/mol. The summed E-state index contributed by atoms with van der Waals surface area (Å²) in [7, 11) is -0.168. The molecule has 0 radical (unpaired) electrons. The minimum absolute atomic E-state index is 0.146. The third-order valence-corrected chi connectivity index (χ3v) is 5.65. The summed E-state index contributed by atoms with van der Waals surface area (Å²) in [5.41, 5.74) is 5.45. The summed E-state index contributed by atoms with van der Waals surface area (Å²) >= 11 is 0. The van der Waals surface area contributed by atoms with Gasteiger partial charge >= 0.3 is 11.9 Å². The van der Waals surface area contributed by atoms with E-state index in [0.29, 0.717) is 6.42 Å². The van der Waals surface area contributed by atoms with Crippen LogP contribution in [0.4, 0.5) is 0 Å². The number of esters is 2. The normalized spacial score (nSPS) is 12.5. The van der Waals surface area contributed by atoms with E-state index in [2.05, 4.69) is 37.0 Å². The number of terminal acetylenes is 1. The monoisotopic (exact) mass is 446 g/mol. The van der Waals surface area contributed by atoms with Crippen molar-refractivity contribution in [2.45, 2.75) is 51.4 Å². The summed E-state index contributed by atoms with van der Waals surface area (Å²) in [6, 6.07) is 15.1. The lowest BCUT2D eigenvalue weighted by molar-refractivity contribution is -0.178. The van der Waals surface area contributed by atoms with Gasteiger partial charge in [0.05, 0.1) is 7.11 Å². The Labute approximate surface area is 192 Å². The molecule has 0 N–H and O–H groups in total. The van der Waals surface area contributed by atoms with Gasteiger partial charge < -0.3 is 9.47 Å². The number of rotatable bonds is 7. The van der Waals surface area contributed by atoms with E-state index >= 15 is 0 Å². The maximum Gasteiger partial charge on any atom is 0.350 e. The van der Waals surface area contributed by atoms with Crippen molar-refractivity contribution in [2.75, 3.05) is 7.11 Å². The van der Waals surface area contributed by atoms with E-state index in [-0.39, 0.29) is 12.8 Å². The highest BCUT2D eigenvalue weighted by Crippen LogP contribution is 2.21. The summed E-state index contributed by atoms with van der Waals surface area (Å²) in [4.78, 5) is 25.0. The SMILES string of the molecule is C#Cc1ccc(CCC(=O)OC(C)(Cc2ccc(C#C[Si](C)(C)C)cc2)C(=O)OC)cc1. The molecule has 1 unspecified atom stereocenters. The van der Waals surface area contributed by atoms with Crippen molar-refractivity contribution in [1.29, 1.82) is 0 Å². The number of hydrogen-bond acceptors (Lipinski definition) is 4. The van der Waals surface area contributed by atoms with Gasteiger partial charge in [0.2, 0.25) is 5.60 Å². The Hall–Kier alpha value is -3.28. The van der Waals surface area contributed by atoms with Gasteiger partial charge in [-0.3, -0.25) is 4.79 Å². The van der Waals surface area contributed by atoms with Crippen molar-refractivity contribution in [1.82, 2.24) is 0 Å². The standard InChI is InChI=1S/C27H30O4Si/c1-7-21-8-10-22(11-9-21)16-17-25(28)31-27(2,26(29)30-3)20-24-14-12-23(13-15-24)18-19-32(4,5)6/h1,8-15H,16-17,20H2,2-6H3. The van der Waals surface area contributed by atoms with Crippen LogP contribution in [0.3, 0.4) is 0 Å². The number of carbonyl (C=O) groups is 2. The van der Waals surface area contributed by atoms with Gasteiger partial charge in [0.15, 0.2) is 0 Å². The second kappa shape index (κ2) is 10.8. The van der Waals surface area contributed by atoms with Crippen molar-refractivity contribution in [2.24, 2.45) is 0 Å². The molecule has 2 aromatic rings. The van der Waals surface area contributed by atoms with Crippen LogP contribution in [-0.4, -0.2) is 32.7 Å². The summed E-state index contributed by atoms with van der Waals surface area (Å²) in [5, 5.41) is 0. The molecule has 1 atom stereocenters. The Bertz CT molecular complexity index is 1040. The second-order valence-electron chi connectivity index (χ2n) is 8.91. The molecule has 5 heteroatoms. The molecule has 0 bridgehead atoms. The predicted molar refractivity (Wildman–Crippen MR) is 130 cm³/mol. The first-order chi connectivity index (χ1) is 15.0. The minimum atomic E-state index is -1.46. The quantitative estimate of drug-likeness (QED) is 0.356. The molecule has 0 saturated carbocycles. The number of carbonyl (C=O) groups excluding carboxylic acids is 2. The second-order valence-corrected chi connectivity index (χ2v) is 13.7. The highest BCUT2D eigenvalue weighted by molar-refractivity contribution is 6.83. The van der Waals surface area contributed by atoms with Crippen LogP contribution in [0.25, 0.3) is 0 Å². The van der Waals surface area contributed by atoms with Crippen LogP contribution in [0.5, 0.6) is 0 Å². The lowest BCUT2D eigenvalue weighted by atomic mass is 9.95. The fourth-order valence-electron chi connectivity index (χ4n) is 3.04. The predicted octanol–water partition coefficient (Wildman–Crippen LogP) is 4.55. The number of aryl methyl sites for hydroxylation is 1. The fraction of sp³-hybridized carbons (Fsp3) is 0.333. The van der Waals surface area contributed by atoms with Gasteiger partial charge in [-0.25, -0.2) is 4.79 Å². The van der Waals surface area contributed by atoms with Crippen molar-refractivity contribution in [3.05, 3.63) is 70.8 Å². The van der Waals surface area contributed by atoms with Gasteiger partial charge in [0.25, 0.3) is 0 Å². The first kappa shape index (κ1) is 25.0. The molecule has 0 aliphatic carbocycles. The Balaban J connectivity index is 2.06. The zero-order chi connectivity index (χ0) is 23.8. The van der Waals surface area contributed by atoms with Crippen LogP contribution in [0, 0.1) is 23.8 Å². The highest BCUT2D eigenvalue weighted by Gasteiger charge is 2.38. The fourth-order valence-corrected chi connectivity index (χ4v) is 3.56. The van der Waals surface area contributed by atoms with Gasteiger partial charge in [0, 0.05) is 24.0 Å². The topological polar surface area (TPSA) is 52.6 Å². The molecule has 0 fully saturated rings. The first-order valence-corrected chi connectivity index (χ1v) is 14.0. The molecule has 0 heterocycles. The lowest BCUT2D eigenvalue weighted by Gasteiger charge is -2.27. The first-order valence-electron chi connectivity index (χ1n) is 10.5. The Morgan fingerprint density at radius 1 is 0.969 bits per heavy atom. The van der Waals surface area contributed by atoms with E-state index in [1.165, 1.54) is 7.11 Å². The van der Waals surface area contributed by atoms with Crippen molar-refractivity contribution in [3.8, 4) is 23.8 Å². The zero-order valence-corrected chi connectivity index (χ0v) is 20.5. The summed E-state index contributed by atoms with van der Waals surface area (Å²) < 4.78 is 10.5. The number of ether oxygens (including phenoxy) is 2. The van der Waals surface area contributed by atoms with Gasteiger partial charge in [-0.2, -0.15) is 0 Å². The van der Waals surface area contributed by atoms with E-state index < -0.39 is 25.6 Å². The smallest absolute Gasteiger partial charge is 0.350 e. The molecule has 0 spiro atoms. The molecule has 0 aliphatic heterocycles. The van der Waals surface area contributed by atoms with Gasteiger partial charge in [-0.05, 0) is 48.7 Å². The molecule has 0 saturated heterocycles.